The van der Waals surface area contributed by atoms with Crippen LogP contribution in [0.4, 0.5) is 17.6 Å². The maximum atomic E-state index is 13.9. The van der Waals surface area contributed by atoms with Crippen molar-refractivity contribution in [3.8, 4) is 22.5 Å². The number of benzene rings is 2. The molecule has 1 radical (unpaired) electrons. The van der Waals surface area contributed by atoms with Gasteiger partial charge < -0.3 is 15.1 Å². The number of hydrogen-bond acceptors (Lipinski definition) is 6. The van der Waals surface area contributed by atoms with Crippen LogP contribution in [0.3, 0.4) is 0 Å². The molecule has 0 bridgehead atoms. The van der Waals surface area contributed by atoms with Crippen LogP contribution in [0.15, 0.2) is 85.3 Å². The summed E-state index contributed by atoms with van der Waals surface area (Å²) in [7, 11) is 0. The molecule has 0 amide bonds. The third-order valence-electron chi connectivity index (χ3n) is 5.47. The monoisotopic (exact) mass is 780 g/mol. The molecule has 7 nitrogen and oxygen atoms in total. The smallest absolute Gasteiger partial charge is 0.354 e. The van der Waals surface area contributed by atoms with Crippen molar-refractivity contribution < 1.29 is 57.2 Å². The molecule has 0 atom stereocenters. The molecular formula is C32H21F4IrN3O4-2. The number of carbonyl (C=O) groups is 3. The molecule has 0 unspecified atom stereocenters. The maximum absolute atomic E-state index is 13.9. The van der Waals surface area contributed by atoms with E-state index in [-0.39, 0.29) is 36.9 Å². The van der Waals surface area contributed by atoms with Crippen LogP contribution in [-0.2, 0) is 20.1 Å². The minimum atomic E-state index is -0.990. The quantitative estimate of drug-likeness (QED) is 0.118. The van der Waals surface area contributed by atoms with Gasteiger partial charge in [-0.25, -0.2) is 9.78 Å². The van der Waals surface area contributed by atoms with E-state index < -0.39 is 51.9 Å². The van der Waals surface area contributed by atoms with Crippen LogP contribution in [0, 0.1) is 35.4 Å². The van der Waals surface area contributed by atoms with Gasteiger partial charge in [0.2, 0.25) is 0 Å². The number of carbonyl (C=O) groups excluding carboxylic acids is 2. The van der Waals surface area contributed by atoms with Crippen molar-refractivity contribution in [1.29, 1.82) is 0 Å². The Bertz CT molecular complexity index is 1640. The molecule has 5 rings (SSSR count). The number of hydrogen-bond donors (Lipinski definition) is 1. The number of Topliss-reactive ketones (excluding diaryl/α,β-unsaturated/α-hetero) is 2. The summed E-state index contributed by atoms with van der Waals surface area (Å²) in [5.41, 5.74) is -0.402. The summed E-state index contributed by atoms with van der Waals surface area (Å²) in [5.74, 6) is -5.97. The first-order valence-corrected chi connectivity index (χ1v) is 12.3. The summed E-state index contributed by atoms with van der Waals surface area (Å²) < 4.78 is 54.4. The average molecular weight is 780 g/mol. The molecular weight excluding hydrogens is 759 g/mol. The van der Waals surface area contributed by atoms with Gasteiger partial charge in [-0.2, -0.15) is 0 Å². The molecule has 44 heavy (non-hydrogen) atoms. The minimum absolute atomic E-state index is 0. The zero-order valence-corrected chi connectivity index (χ0v) is 25.3. The Hall–Kier alpha value is -4.93. The van der Waals surface area contributed by atoms with Crippen LogP contribution in [0.5, 0.6) is 0 Å². The molecule has 12 heteroatoms. The van der Waals surface area contributed by atoms with E-state index in [1.165, 1.54) is 24.7 Å². The van der Waals surface area contributed by atoms with Crippen LogP contribution >= 0.6 is 0 Å². The third kappa shape index (κ3) is 9.03. The molecule has 227 valence electrons. The van der Waals surface area contributed by atoms with E-state index in [4.69, 9.17) is 5.11 Å². The van der Waals surface area contributed by atoms with Crippen molar-refractivity contribution in [3.63, 3.8) is 0 Å². The fraction of sp³-hybridized carbons (Fsp3) is 0.0625. The largest absolute Gasteiger partial charge is 0.477 e. The Morgan fingerprint density at radius 1 is 0.636 bits per heavy atom. The molecule has 0 saturated heterocycles. The molecule has 0 saturated carbocycles. The van der Waals surface area contributed by atoms with Gasteiger partial charge in [0, 0.05) is 49.8 Å². The number of carboxylic acid groups (broad SMARTS) is 1. The SMILES string of the molecule is CC(=O)c1c(F)c[c-]c(-c2ccccn2)c1F.CC(=O)c1c(F)c[c-]c(-c2ccccn2)c1F.O=C(O)c1ccccn1.[Ir]. The molecule has 2 aromatic carbocycles. The van der Waals surface area contributed by atoms with Gasteiger partial charge in [0.15, 0.2) is 0 Å². The van der Waals surface area contributed by atoms with E-state index in [1.54, 1.807) is 48.5 Å². The zero-order valence-electron chi connectivity index (χ0n) is 22.9. The summed E-state index contributed by atoms with van der Waals surface area (Å²) in [6.45, 7) is 2.23. The van der Waals surface area contributed by atoms with Crippen LogP contribution < -0.4 is 0 Å². The van der Waals surface area contributed by atoms with Gasteiger partial charge in [-0.15, -0.1) is 24.3 Å². The number of ketones is 2. The van der Waals surface area contributed by atoms with Gasteiger partial charge >= 0.3 is 5.97 Å². The van der Waals surface area contributed by atoms with Crippen molar-refractivity contribution in [1.82, 2.24) is 15.0 Å². The fourth-order valence-electron chi connectivity index (χ4n) is 3.53. The predicted octanol–water partition coefficient (Wildman–Crippen LogP) is 6.84. The molecule has 1 N–H and O–H groups in total. The number of pyridine rings is 3. The number of aromatic carboxylic acids is 1. The van der Waals surface area contributed by atoms with Crippen LogP contribution in [-0.4, -0.2) is 37.6 Å². The molecule has 3 aromatic heterocycles. The van der Waals surface area contributed by atoms with Gasteiger partial charge in [-0.3, -0.25) is 27.2 Å². The van der Waals surface area contributed by atoms with E-state index in [9.17, 15) is 31.9 Å². The molecule has 0 fully saturated rings. The van der Waals surface area contributed by atoms with E-state index in [1.807, 2.05) is 0 Å². The van der Waals surface area contributed by atoms with E-state index in [0.29, 0.717) is 11.4 Å². The summed E-state index contributed by atoms with van der Waals surface area (Å²) in [5, 5.41) is 8.32. The van der Waals surface area contributed by atoms with Crippen LogP contribution in [0.2, 0.25) is 0 Å². The van der Waals surface area contributed by atoms with Crippen LogP contribution in [0.25, 0.3) is 22.5 Å². The van der Waals surface area contributed by atoms with E-state index in [0.717, 1.165) is 26.0 Å². The first kappa shape index (κ1) is 35.3. The topological polar surface area (TPSA) is 110 Å². The van der Waals surface area contributed by atoms with Crippen molar-refractivity contribution in [2.75, 3.05) is 0 Å². The van der Waals surface area contributed by atoms with Crippen molar-refractivity contribution >= 4 is 17.5 Å². The van der Waals surface area contributed by atoms with E-state index >= 15 is 0 Å². The molecule has 0 aliphatic carbocycles. The fourth-order valence-corrected chi connectivity index (χ4v) is 3.53. The first-order valence-electron chi connectivity index (χ1n) is 12.3. The summed E-state index contributed by atoms with van der Waals surface area (Å²) in [4.78, 5) is 43.9. The predicted molar refractivity (Wildman–Crippen MR) is 148 cm³/mol. The molecule has 0 spiro atoms. The summed E-state index contributed by atoms with van der Waals surface area (Å²) >= 11 is 0. The third-order valence-corrected chi connectivity index (χ3v) is 5.47. The standard InChI is InChI=1S/2C13H8F2NO.C6H5NO2.Ir/c2*1-8(17)12-10(14)6-5-9(13(12)15)11-4-2-3-7-16-11;8-6(9)5-3-1-2-4-7-5;/h2*2-4,6-7H,1H3;1-4H,(H,8,9);/q2*-1;;. The second kappa shape index (κ2) is 16.6. The number of carboxylic acids is 1. The Morgan fingerprint density at radius 2 is 1.02 bits per heavy atom. The molecule has 0 aliphatic rings. The Kier molecular flexibility index (Phi) is 13.3. The van der Waals surface area contributed by atoms with Crippen molar-refractivity contribution in [2.24, 2.45) is 0 Å². The number of rotatable bonds is 5. The van der Waals surface area contributed by atoms with Crippen molar-refractivity contribution in [3.05, 3.63) is 138 Å². The average Bonchev–Trinajstić information content (AvgIpc) is 2.99. The molecule has 5 aromatic rings. The molecule has 0 aliphatic heterocycles. The normalized spacial score (nSPS) is 9.77. The Balaban J connectivity index is 0.000000239. The number of halogens is 4. The zero-order chi connectivity index (χ0) is 31.5. The number of nitrogens with zero attached hydrogens (tertiary/aromatic N) is 3. The van der Waals surface area contributed by atoms with Gasteiger partial charge in [0.1, 0.15) is 17.3 Å². The minimum Gasteiger partial charge on any atom is -0.477 e. The molecule has 3 heterocycles. The van der Waals surface area contributed by atoms with Crippen molar-refractivity contribution in [2.45, 2.75) is 13.8 Å². The van der Waals surface area contributed by atoms with Gasteiger partial charge in [0.25, 0.3) is 0 Å². The second-order valence-corrected chi connectivity index (χ2v) is 8.46. The Morgan fingerprint density at radius 3 is 1.30 bits per heavy atom. The second-order valence-electron chi connectivity index (χ2n) is 8.46. The van der Waals surface area contributed by atoms with Crippen LogP contribution in [0.1, 0.15) is 45.1 Å². The first-order chi connectivity index (χ1) is 20.5. The Labute approximate surface area is 263 Å². The summed E-state index contributed by atoms with van der Waals surface area (Å²) in [6, 6.07) is 21.4. The summed E-state index contributed by atoms with van der Waals surface area (Å²) in [6.07, 6.45) is 4.42. The van der Waals surface area contributed by atoms with Gasteiger partial charge in [0.05, 0.1) is 23.3 Å². The van der Waals surface area contributed by atoms with Gasteiger partial charge in [-0.05, 0) is 49.5 Å². The maximum Gasteiger partial charge on any atom is 0.354 e. The van der Waals surface area contributed by atoms with Gasteiger partial charge in [-0.1, -0.05) is 41.5 Å². The van der Waals surface area contributed by atoms with E-state index in [2.05, 4.69) is 27.1 Å². The number of aromatic nitrogens is 3.